The lowest BCUT2D eigenvalue weighted by molar-refractivity contribution is 0.435. The average molecular weight is 94.2 g/mol. The van der Waals surface area contributed by atoms with Crippen molar-refractivity contribution in [1.29, 1.82) is 0 Å². The summed E-state index contributed by atoms with van der Waals surface area (Å²) in [5.74, 6) is 0. The van der Waals surface area contributed by atoms with Crippen LogP contribution in [0, 0.1) is 0 Å². The van der Waals surface area contributed by atoms with Crippen molar-refractivity contribution in [3.05, 3.63) is 0 Å². The highest BCUT2D eigenvalue weighted by atomic mass is 29.2. The summed E-state index contributed by atoms with van der Waals surface area (Å²) in [6.45, 7) is 0. The van der Waals surface area contributed by atoms with Gasteiger partial charge in [-0.25, -0.2) is 0 Å². The number of rotatable bonds is 0. The highest BCUT2D eigenvalue weighted by Gasteiger charge is 1.78. The predicted molar refractivity (Wildman–Crippen MR) is 21.5 cm³/mol. The minimum Gasteiger partial charge on any atom is -0.416 e. The summed E-state index contributed by atoms with van der Waals surface area (Å²) < 4.78 is 0. The molecule has 4 heavy (non-hydrogen) atoms. The van der Waals surface area contributed by atoms with E-state index in [1.807, 2.05) is 0 Å². The molecule has 0 aliphatic rings. The van der Waals surface area contributed by atoms with E-state index in [2.05, 4.69) is 0 Å². The Bertz CT molecular complexity index is 8.75. The van der Waals surface area contributed by atoms with Gasteiger partial charge in [0.2, 0.25) is 0 Å². The minimum atomic E-state index is -2.00. The molecule has 0 rings (SSSR count). The van der Waals surface area contributed by atoms with Crippen molar-refractivity contribution in [3.63, 3.8) is 0 Å². The molecule has 26 valence electrons. The summed E-state index contributed by atoms with van der Waals surface area (Å²) in [6, 6.07) is 0. The van der Waals surface area contributed by atoms with Crippen molar-refractivity contribution in [2.45, 2.75) is 0 Å². The average Bonchev–Trinajstić information content (AvgIpc) is 0.811. The van der Waals surface area contributed by atoms with E-state index in [-0.39, 0.29) is 0 Å². The molecule has 0 spiro atoms. The van der Waals surface area contributed by atoms with Gasteiger partial charge in [0.25, 0.3) is 8.80 Å². The van der Waals surface area contributed by atoms with Crippen LogP contribution in [-0.4, -0.2) is 28.2 Å². The van der Waals surface area contributed by atoms with Crippen LogP contribution in [0.2, 0.25) is 0 Å². The van der Waals surface area contributed by atoms with Crippen LogP contribution in [0.1, 0.15) is 0 Å². The summed E-state index contributed by atoms with van der Waals surface area (Å²) in [5, 5.41) is 0. The standard InChI is InChI=1S/H6O2Si2/c1-4(2)3/h1-2,4H,3H3. The summed E-state index contributed by atoms with van der Waals surface area (Å²) in [6.07, 6.45) is 0. The normalized spacial score (nSPS) is 9.75. The Morgan fingerprint density at radius 2 is 1.50 bits per heavy atom. The third-order valence-corrected chi connectivity index (χ3v) is 0. The highest BCUT2D eigenvalue weighted by molar-refractivity contribution is 6.93. The molecule has 2 nitrogen and oxygen atoms in total. The van der Waals surface area contributed by atoms with Gasteiger partial charge in [-0.3, -0.25) is 0 Å². The molecule has 0 fully saturated rings. The highest BCUT2D eigenvalue weighted by Crippen LogP contribution is 1.38. The molecule has 0 saturated carbocycles. The van der Waals surface area contributed by atoms with Gasteiger partial charge >= 0.3 is 0 Å². The second-order valence-corrected chi connectivity index (χ2v) is 4.99. The van der Waals surface area contributed by atoms with E-state index < -0.39 is 8.80 Å². The Labute approximate surface area is 29.1 Å². The molecule has 0 radical (unpaired) electrons. The van der Waals surface area contributed by atoms with E-state index >= 15 is 0 Å². The van der Waals surface area contributed by atoms with Crippen molar-refractivity contribution in [3.8, 4) is 0 Å². The van der Waals surface area contributed by atoms with E-state index in [0.29, 0.717) is 9.76 Å². The van der Waals surface area contributed by atoms with Gasteiger partial charge in [-0.05, 0) is 0 Å². The fraction of sp³-hybridized carbons (Fsp3) is 0. The monoisotopic (exact) mass is 94.0 g/mol. The lowest BCUT2D eigenvalue weighted by Gasteiger charge is -1.76. The van der Waals surface area contributed by atoms with Gasteiger partial charge < -0.3 is 9.59 Å². The largest absolute Gasteiger partial charge is 0.416 e. The molecule has 0 heterocycles. The first-order valence-corrected chi connectivity index (χ1v) is 6.75. The van der Waals surface area contributed by atoms with Gasteiger partial charge in [0.15, 0.2) is 0 Å². The van der Waals surface area contributed by atoms with Gasteiger partial charge in [0, 0.05) is 0 Å². The van der Waals surface area contributed by atoms with Crippen LogP contribution < -0.4 is 0 Å². The Hall–Kier alpha value is 0.354. The Balaban J connectivity index is 2.32. The Morgan fingerprint density at radius 1 is 1.50 bits per heavy atom. The molecule has 0 saturated heterocycles. The van der Waals surface area contributed by atoms with Gasteiger partial charge in [0.05, 0.1) is 9.76 Å². The fourth-order valence-electron chi connectivity index (χ4n) is 0. The van der Waals surface area contributed by atoms with E-state index in [9.17, 15) is 0 Å². The van der Waals surface area contributed by atoms with Crippen LogP contribution in [0.4, 0.5) is 0 Å². The zero-order valence-electron chi connectivity index (χ0n) is 2.47. The first kappa shape index (κ1) is 4.35. The SMILES string of the molecule is O[SiH](O)[SiH3]. The lowest BCUT2D eigenvalue weighted by Crippen LogP contribution is -2.08. The van der Waals surface area contributed by atoms with Gasteiger partial charge in [-0.1, -0.05) is 0 Å². The molecule has 0 aromatic carbocycles. The molecule has 4 heteroatoms. The van der Waals surface area contributed by atoms with E-state index in [0.717, 1.165) is 0 Å². The molecule has 0 amide bonds. The molecule has 0 atom stereocenters. The molecule has 0 aliphatic heterocycles. The topological polar surface area (TPSA) is 40.5 Å². The van der Waals surface area contributed by atoms with Crippen LogP contribution in [0.3, 0.4) is 0 Å². The second-order valence-electron chi connectivity index (χ2n) is 0.632. The van der Waals surface area contributed by atoms with Crippen LogP contribution >= 0.6 is 0 Å². The lowest BCUT2D eigenvalue weighted by atomic mass is 15.8. The molecular weight excluding hydrogens is 88.2 g/mol. The second kappa shape index (κ2) is 1.65. The maximum Gasteiger partial charge on any atom is 0.283 e. The molecule has 0 aliphatic carbocycles. The smallest absolute Gasteiger partial charge is 0.283 e. The van der Waals surface area contributed by atoms with Crippen molar-refractivity contribution >= 4 is 18.6 Å². The number of hydrogen-bond donors (Lipinski definition) is 2. The quantitative estimate of drug-likeness (QED) is 0.315. The van der Waals surface area contributed by atoms with Gasteiger partial charge in [-0.2, -0.15) is 0 Å². The first-order valence-electron chi connectivity index (χ1n) is 1.09. The Kier molecular flexibility index (Phi) is 1.80. The summed E-state index contributed by atoms with van der Waals surface area (Å²) in [4.78, 5) is 15.6. The maximum absolute atomic E-state index is 7.81. The zero-order chi connectivity index (χ0) is 3.58. The molecule has 0 aromatic heterocycles. The zero-order valence-corrected chi connectivity index (χ0v) is 5.63. The predicted octanol–water partition coefficient (Wildman–Crippen LogP) is -2.95. The van der Waals surface area contributed by atoms with Gasteiger partial charge in [-0.15, -0.1) is 0 Å². The van der Waals surface area contributed by atoms with E-state index in [1.165, 1.54) is 0 Å². The summed E-state index contributed by atoms with van der Waals surface area (Å²) in [5.41, 5.74) is 0. The summed E-state index contributed by atoms with van der Waals surface area (Å²) in [7, 11) is -1.40. The van der Waals surface area contributed by atoms with Crippen LogP contribution in [0.5, 0.6) is 0 Å². The fourth-order valence-corrected chi connectivity index (χ4v) is 0. The first-order chi connectivity index (χ1) is 1.73. The van der Waals surface area contributed by atoms with Crippen LogP contribution in [0.15, 0.2) is 0 Å². The van der Waals surface area contributed by atoms with Crippen molar-refractivity contribution < 1.29 is 9.59 Å². The van der Waals surface area contributed by atoms with Crippen LogP contribution in [0.25, 0.3) is 0 Å². The van der Waals surface area contributed by atoms with Crippen molar-refractivity contribution in [2.24, 2.45) is 0 Å². The minimum absolute atomic E-state index is 0.599. The third-order valence-electron chi connectivity index (χ3n) is 0. The van der Waals surface area contributed by atoms with E-state index in [4.69, 9.17) is 9.59 Å². The maximum atomic E-state index is 7.81. The Morgan fingerprint density at radius 3 is 1.50 bits per heavy atom. The number of hydrogen-bond acceptors (Lipinski definition) is 2. The molecular formula is H6O2Si2. The third kappa shape index (κ3) is 34.5. The molecule has 0 bridgehead atoms. The van der Waals surface area contributed by atoms with Crippen molar-refractivity contribution in [1.82, 2.24) is 0 Å². The summed E-state index contributed by atoms with van der Waals surface area (Å²) >= 11 is 0. The van der Waals surface area contributed by atoms with Crippen LogP contribution in [-0.2, 0) is 0 Å². The van der Waals surface area contributed by atoms with E-state index in [1.54, 1.807) is 0 Å². The molecule has 0 aromatic rings. The van der Waals surface area contributed by atoms with Gasteiger partial charge in [0.1, 0.15) is 0 Å². The molecule has 0 unspecified atom stereocenters. The molecule has 2 N–H and O–H groups in total. The van der Waals surface area contributed by atoms with Crippen molar-refractivity contribution in [2.75, 3.05) is 0 Å².